The zero-order valence-corrected chi connectivity index (χ0v) is 8.51. The van der Waals surface area contributed by atoms with Crippen LogP contribution < -0.4 is 0 Å². The molecular formula is C12H12N2O. The van der Waals surface area contributed by atoms with Crippen molar-refractivity contribution in [3.8, 4) is 0 Å². The van der Waals surface area contributed by atoms with Gasteiger partial charge in [-0.15, -0.1) is 0 Å². The summed E-state index contributed by atoms with van der Waals surface area (Å²) >= 11 is 0. The molecule has 2 aromatic rings. The minimum absolute atomic E-state index is 0.855. The number of rotatable bonds is 2. The Morgan fingerprint density at radius 2 is 2.13 bits per heavy atom. The van der Waals surface area contributed by atoms with E-state index in [-0.39, 0.29) is 0 Å². The number of oxime groups is 1. The molecule has 0 unspecified atom stereocenters. The average Bonchev–Trinajstić information content (AvgIpc) is 2.54. The molecule has 0 bridgehead atoms. The predicted octanol–water partition coefficient (Wildman–Crippen LogP) is 2.63. The lowest BCUT2D eigenvalue weighted by atomic mass is 10.1. The summed E-state index contributed by atoms with van der Waals surface area (Å²) in [6.07, 6.45) is 3.20. The van der Waals surface area contributed by atoms with Gasteiger partial charge in [0, 0.05) is 23.5 Å². The first kappa shape index (κ1) is 9.52. The highest BCUT2D eigenvalue weighted by molar-refractivity contribution is 5.99. The summed E-state index contributed by atoms with van der Waals surface area (Å²) in [4.78, 5) is 0. The molecule has 0 atom stereocenters. The van der Waals surface area contributed by atoms with E-state index in [1.807, 2.05) is 35.9 Å². The topological polar surface area (TPSA) is 37.5 Å². The van der Waals surface area contributed by atoms with Gasteiger partial charge in [0.05, 0.1) is 11.9 Å². The largest absolute Gasteiger partial charge is 0.411 e. The van der Waals surface area contributed by atoms with Crippen molar-refractivity contribution in [3.63, 3.8) is 0 Å². The number of hydrogen-bond donors (Lipinski definition) is 1. The van der Waals surface area contributed by atoms with Gasteiger partial charge in [-0.25, -0.2) is 0 Å². The number of hydrogen-bond acceptors (Lipinski definition) is 2. The quantitative estimate of drug-likeness (QED) is 0.451. The molecule has 1 aromatic heterocycles. The van der Waals surface area contributed by atoms with Crippen molar-refractivity contribution >= 4 is 23.2 Å². The lowest BCUT2D eigenvalue weighted by Crippen LogP contribution is -1.95. The number of aryl methyl sites for hydroxylation is 1. The molecule has 0 fully saturated rings. The Bertz CT molecular complexity index is 538. The third-order valence-electron chi connectivity index (χ3n) is 2.58. The van der Waals surface area contributed by atoms with Crippen LogP contribution in [0.4, 0.5) is 0 Å². The van der Waals surface area contributed by atoms with Crippen LogP contribution in [0.25, 0.3) is 17.0 Å². The van der Waals surface area contributed by atoms with E-state index in [0.717, 1.165) is 22.2 Å². The molecule has 0 aliphatic carbocycles. The van der Waals surface area contributed by atoms with Crippen LogP contribution in [0.5, 0.6) is 0 Å². The standard InChI is InChI=1S/C12H12N2O/c1-3-9-10-6-4-5-7-11(10)14(2)12(9)8-13-15/h3-8,15H,1H2,2H3. The van der Waals surface area contributed by atoms with Crippen LogP contribution in [-0.2, 0) is 7.05 Å². The van der Waals surface area contributed by atoms with Crippen molar-refractivity contribution in [2.45, 2.75) is 0 Å². The van der Waals surface area contributed by atoms with Gasteiger partial charge in [-0.1, -0.05) is 36.0 Å². The third-order valence-corrected chi connectivity index (χ3v) is 2.58. The minimum atomic E-state index is 0.855. The van der Waals surface area contributed by atoms with Crippen molar-refractivity contribution in [2.75, 3.05) is 0 Å². The SMILES string of the molecule is C=Cc1c(C=NO)n(C)c2ccccc12. The van der Waals surface area contributed by atoms with E-state index in [1.54, 1.807) is 6.08 Å². The fourth-order valence-corrected chi connectivity index (χ4v) is 1.87. The summed E-state index contributed by atoms with van der Waals surface area (Å²) in [5, 5.41) is 12.8. The Hall–Kier alpha value is -2.03. The molecule has 0 aliphatic heterocycles. The minimum Gasteiger partial charge on any atom is -0.411 e. The van der Waals surface area contributed by atoms with Gasteiger partial charge in [-0.3, -0.25) is 0 Å². The molecule has 3 nitrogen and oxygen atoms in total. The Morgan fingerprint density at radius 3 is 2.80 bits per heavy atom. The smallest absolute Gasteiger partial charge is 0.0904 e. The van der Waals surface area contributed by atoms with Crippen molar-refractivity contribution in [1.82, 2.24) is 4.57 Å². The first-order chi connectivity index (χ1) is 7.29. The highest BCUT2D eigenvalue weighted by atomic mass is 16.4. The molecule has 76 valence electrons. The van der Waals surface area contributed by atoms with E-state index in [0.29, 0.717) is 0 Å². The first-order valence-corrected chi connectivity index (χ1v) is 4.67. The highest BCUT2D eigenvalue weighted by Gasteiger charge is 2.10. The zero-order chi connectivity index (χ0) is 10.8. The molecule has 1 heterocycles. The lowest BCUT2D eigenvalue weighted by Gasteiger charge is -1.97. The molecule has 0 aliphatic rings. The van der Waals surface area contributed by atoms with Gasteiger partial charge in [0.15, 0.2) is 0 Å². The highest BCUT2D eigenvalue weighted by Crippen LogP contribution is 2.24. The van der Waals surface area contributed by atoms with E-state index < -0.39 is 0 Å². The van der Waals surface area contributed by atoms with Crippen LogP contribution >= 0.6 is 0 Å². The molecule has 0 spiro atoms. The maximum Gasteiger partial charge on any atom is 0.0904 e. The normalized spacial score (nSPS) is 11.3. The summed E-state index contributed by atoms with van der Waals surface area (Å²) in [5.74, 6) is 0. The molecule has 1 N–H and O–H groups in total. The van der Waals surface area contributed by atoms with Crippen molar-refractivity contribution in [1.29, 1.82) is 0 Å². The summed E-state index contributed by atoms with van der Waals surface area (Å²) in [7, 11) is 1.94. The van der Waals surface area contributed by atoms with Gasteiger partial charge in [-0.05, 0) is 6.07 Å². The number of nitrogens with zero attached hydrogens (tertiary/aromatic N) is 2. The van der Waals surface area contributed by atoms with Crippen LogP contribution in [0, 0.1) is 0 Å². The Labute approximate surface area is 87.9 Å². The molecule has 2 rings (SSSR count). The van der Waals surface area contributed by atoms with Gasteiger partial charge >= 0.3 is 0 Å². The summed E-state index contributed by atoms with van der Waals surface area (Å²) in [6, 6.07) is 8.02. The van der Waals surface area contributed by atoms with Crippen molar-refractivity contribution in [2.24, 2.45) is 12.2 Å². The first-order valence-electron chi connectivity index (χ1n) is 4.67. The second kappa shape index (κ2) is 3.61. The van der Waals surface area contributed by atoms with Gasteiger partial charge in [0.2, 0.25) is 0 Å². The Balaban J connectivity index is 2.89. The van der Waals surface area contributed by atoms with Crippen LogP contribution in [0.15, 0.2) is 36.0 Å². The van der Waals surface area contributed by atoms with Gasteiger partial charge < -0.3 is 9.77 Å². The predicted molar refractivity (Wildman–Crippen MR) is 62.4 cm³/mol. The molecule has 3 heteroatoms. The number of benzene rings is 1. The Kier molecular flexibility index (Phi) is 2.29. The van der Waals surface area contributed by atoms with Crippen molar-refractivity contribution in [3.05, 3.63) is 42.1 Å². The van der Waals surface area contributed by atoms with Gasteiger partial charge in [0.1, 0.15) is 0 Å². The fraction of sp³-hybridized carbons (Fsp3) is 0.0833. The van der Waals surface area contributed by atoms with Crippen LogP contribution in [-0.4, -0.2) is 16.0 Å². The van der Waals surface area contributed by atoms with E-state index >= 15 is 0 Å². The lowest BCUT2D eigenvalue weighted by molar-refractivity contribution is 0.321. The maximum absolute atomic E-state index is 8.61. The molecule has 0 radical (unpaired) electrons. The van der Waals surface area contributed by atoms with E-state index in [1.165, 1.54) is 6.21 Å². The summed E-state index contributed by atoms with van der Waals surface area (Å²) in [5.41, 5.74) is 2.95. The van der Waals surface area contributed by atoms with Crippen molar-refractivity contribution < 1.29 is 5.21 Å². The maximum atomic E-state index is 8.61. The second-order valence-corrected chi connectivity index (χ2v) is 3.32. The van der Waals surface area contributed by atoms with Crippen LogP contribution in [0.2, 0.25) is 0 Å². The number of fused-ring (bicyclic) bond motifs is 1. The molecule has 0 amide bonds. The van der Waals surface area contributed by atoms with Crippen LogP contribution in [0.1, 0.15) is 11.3 Å². The third kappa shape index (κ3) is 1.32. The molecular weight excluding hydrogens is 188 g/mol. The Morgan fingerprint density at radius 1 is 1.40 bits per heavy atom. The second-order valence-electron chi connectivity index (χ2n) is 3.32. The molecule has 15 heavy (non-hydrogen) atoms. The van der Waals surface area contributed by atoms with E-state index in [2.05, 4.69) is 11.7 Å². The number of para-hydroxylation sites is 1. The summed E-state index contributed by atoms with van der Waals surface area (Å²) < 4.78 is 1.98. The molecule has 1 aromatic carbocycles. The molecule has 0 saturated carbocycles. The van der Waals surface area contributed by atoms with E-state index in [4.69, 9.17) is 5.21 Å². The monoisotopic (exact) mass is 200 g/mol. The summed E-state index contributed by atoms with van der Waals surface area (Å²) in [6.45, 7) is 3.78. The van der Waals surface area contributed by atoms with Gasteiger partial charge in [0.25, 0.3) is 0 Å². The van der Waals surface area contributed by atoms with Crippen LogP contribution in [0.3, 0.4) is 0 Å². The average molecular weight is 200 g/mol. The van der Waals surface area contributed by atoms with E-state index in [9.17, 15) is 0 Å². The molecule has 0 saturated heterocycles. The van der Waals surface area contributed by atoms with Gasteiger partial charge in [-0.2, -0.15) is 0 Å². The zero-order valence-electron chi connectivity index (χ0n) is 8.51. The fourth-order valence-electron chi connectivity index (χ4n) is 1.87. The number of aromatic nitrogens is 1.